The van der Waals surface area contributed by atoms with Crippen molar-refractivity contribution in [3.63, 3.8) is 0 Å². The first-order chi connectivity index (χ1) is 9.11. The summed E-state index contributed by atoms with van der Waals surface area (Å²) in [5.41, 5.74) is 4.17. The van der Waals surface area contributed by atoms with Gasteiger partial charge >= 0.3 is 0 Å². The minimum atomic E-state index is -0.0446. The quantitative estimate of drug-likeness (QED) is 0.762. The zero-order valence-electron chi connectivity index (χ0n) is 11.5. The molecule has 2 aromatic rings. The van der Waals surface area contributed by atoms with Crippen LogP contribution in [0.25, 0.3) is 0 Å². The molecule has 2 nitrogen and oxygen atoms in total. The Morgan fingerprint density at radius 3 is 2.53 bits per heavy atom. The third-order valence-electron chi connectivity index (χ3n) is 3.13. The van der Waals surface area contributed by atoms with E-state index in [0.29, 0.717) is 11.8 Å². The molecule has 0 radical (unpaired) electrons. The molecule has 0 spiro atoms. The van der Waals surface area contributed by atoms with Crippen molar-refractivity contribution >= 4 is 11.6 Å². The molecule has 0 amide bonds. The molecule has 19 heavy (non-hydrogen) atoms. The Hall–Kier alpha value is -1.54. The van der Waals surface area contributed by atoms with Crippen molar-refractivity contribution in [3.8, 4) is 5.88 Å². The van der Waals surface area contributed by atoms with Crippen LogP contribution in [0.3, 0.4) is 0 Å². The molecule has 1 heterocycles. The second-order valence-electron chi connectivity index (χ2n) is 4.67. The van der Waals surface area contributed by atoms with Gasteiger partial charge in [-0.15, -0.1) is 11.6 Å². The van der Waals surface area contributed by atoms with Crippen LogP contribution in [0, 0.1) is 13.8 Å². The average Bonchev–Trinajstić information content (AvgIpc) is 2.39. The summed E-state index contributed by atoms with van der Waals surface area (Å²) >= 11 is 6.00. The summed E-state index contributed by atoms with van der Waals surface area (Å²) in [6.45, 7) is 6.02. The lowest BCUT2D eigenvalue weighted by Gasteiger charge is -2.18. The Morgan fingerprint density at radius 1 is 1.21 bits per heavy atom. The van der Waals surface area contributed by atoms with Gasteiger partial charge in [0.15, 0.2) is 0 Å². The Labute approximate surface area is 119 Å². The van der Waals surface area contributed by atoms with E-state index in [9.17, 15) is 0 Å². The van der Waals surface area contributed by atoms with Gasteiger partial charge in [0.05, 0.1) is 5.88 Å². The molecule has 1 atom stereocenters. The van der Waals surface area contributed by atoms with E-state index >= 15 is 0 Å². The SMILES string of the molecule is Cc1cc(C)c(CCl)c(O[C@H](C)c2ccccc2)n1. The number of ether oxygens (including phenoxy) is 1. The number of nitrogens with zero attached hydrogens (tertiary/aromatic N) is 1. The highest BCUT2D eigenvalue weighted by Crippen LogP contribution is 2.27. The number of hydrogen-bond acceptors (Lipinski definition) is 2. The maximum Gasteiger partial charge on any atom is 0.218 e. The van der Waals surface area contributed by atoms with Crippen LogP contribution in [0.15, 0.2) is 36.4 Å². The molecule has 3 heteroatoms. The Kier molecular flexibility index (Phi) is 4.43. The molecule has 100 valence electrons. The minimum Gasteiger partial charge on any atom is -0.470 e. The summed E-state index contributed by atoms with van der Waals surface area (Å²) in [6, 6.07) is 12.1. The highest BCUT2D eigenvalue weighted by molar-refractivity contribution is 6.17. The van der Waals surface area contributed by atoms with Gasteiger partial charge in [0, 0.05) is 11.3 Å². The van der Waals surface area contributed by atoms with Crippen molar-refractivity contribution in [1.82, 2.24) is 4.98 Å². The van der Waals surface area contributed by atoms with E-state index in [2.05, 4.69) is 4.98 Å². The maximum atomic E-state index is 6.00. The molecule has 1 aromatic carbocycles. The summed E-state index contributed by atoms with van der Waals surface area (Å²) in [5, 5.41) is 0. The molecule has 0 aliphatic carbocycles. The van der Waals surface area contributed by atoms with E-state index in [4.69, 9.17) is 16.3 Å². The average molecular weight is 276 g/mol. The molecule has 0 saturated heterocycles. The largest absolute Gasteiger partial charge is 0.470 e. The first-order valence-corrected chi connectivity index (χ1v) is 6.90. The third kappa shape index (κ3) is 3.27. The molecule has 2 rings (SSSR count). The molecule has 0 N–H and O–H groups in total. The predicted molar refractivity (Wildman–Crippen MR) is 78.8 cm³/mol. The van der Waals surface area contributed by atoms with Crippen LogP contribution in [0.4, 0.5) is 0 Å². The number of benzene rings is 1. The van der Waals surface area contributed by atoms with Crippen molar-refractivity contribution in [2.75, 3.05) is 0 Å². The van der Waals surface area contributed by atoms with E-state index in [0.717, 1.165) is 22.4 Å². The molecule has 0 fully saturated rings. The minimum absolute atomic E-state index is 0.0446. The smallest absolute Gasteiger partial charge is 0.218 e. The lowest BCUT2D eigenvalue weighted by Crippen LogP contribution is -2.07. The number of alkyl halides is 1. The number of aryl methyl sites for hydroxylation is 2. The first kappa shape index (κ1) is 13.9. The van der Waals surface area contributed by atoms with Gasteiger partial charge in [-0.25, -0.2) is 4.98 Å². The number of aromatic nitrogens is 1. The second kappa shape index (κ2) is 6.07. The van der Waals surface area contributed by atoms with Crippen LogP contribution >= 0.6 is 11.6 Å². The zero-order valence-corrected chi connectivity index (χ0v) is 12.2. The third-order valence-corrected chi connectivity index (χ3v) is 3.40. The number of halogens is 1. The van der Waals surface area contributed by atoms with Crippen LogP contribution in [-0.2, 0) is 5.88 Å². The van der Waals surface area contributed by atoms with Gasteiger partial charge in [0.25, 0.3) is 0 Å². The molecule has 0 aliphatic rings. The predicted octanol–water partition coefficient (Wildman–Crippen LogP) is 4.58. The number of rotatable bonds is 4. The van der Waals surface area contributed by atoms with E-state index in [-0.39, 0.29) is 6.10 Å². The van der Waals surface area contributed by atoms with Gasteiger partial charge in [0.2, 0.25) is 5.88 Å². The molecular formula is C16H18ClNO. The van der Waals surface area contributed by atoms with Crippen LogP contribution < -0.4 is 4.74 Å². The van der Waals surface area contributed by atoms with Crippen molar-refractivity contribution < 1.29 is 4.74 Å². The number of pyridine rings is 1. The monoisotopic (exact) mass is 275 g/mol. The van der Waals surface area contributed by atoms with Crippen LogP contribution in [-0.4, -0.2) is 4.98 Å². The van der Waals surface area contributed by atoms with E-state index in [1.807, 2.05) is 57.2 Å². The fraction of sp³-hybridized carbons (Fsp3) is 0.312. The molecule has 0 saturated carbocycles. The highest BCUT2D eigenvalue weighted by atomic mass is 35.5. The van der Waals surface area contributed by atoms with Crippen LogP contribution in [0.2, 0.25) is 0 Å². The summed E-state index contributed by atoms with van der Waals surface area (Å²) in [7, 11) is 0. The van der Waals surface area contributed by atoms with Crippen molar-refractivity contribution in [1.29, 1.82) is 0 Å². The molecule has 0 unspecified atom stereocenters. The normalized spacial score (nSPS) is 12.2. The van der Waals surface area contributed by atoms with E-state index in [1.165, 1.54) is 0 Å². The summed E-state index contributed by atoms with van der Waals surface area (Å²) < 4.78 is 5.99. The Balaban J connectivity index is 2.28. The number of hydrogen-bond donors (Lipinski definition) is 0. The van der Waals surface area contributed by atoms with Gasteiger partial charge in [-0.05, 0) is 38.0 Å². The lowest BCUT2D eigenvalue weighted by molar-refractivity contribution is 0.215. The van der Waals surface area contributed by atoms with Crippen LogP contribution in [0.5, 0.6) is 5.88 Å². The van der Waals surface area contributed by atoms with Gasteiger partial charge in [-0.3, -0.25) is 0 Å². The zero-order chi connectivity index (χ0) is 13.8. The molecule has 0 bridgehead atoms. The fourth-order valence-corrected chi connectivity index (χ4v) is 2.37. The van der Waals surface area contributed by atoms with Gasteiger partial charge in [0.1, 0.15) is 6.10 Å². The second-order valence-corrected chi connectivity index (χ2v) is 4.94. The maximum absolute atomic E-state index is 6.00. The van der Waals surface area contributed by atoms with E-state index < -0.39 is 0 Å². The van der Waals surface area contributed by atoms with Crippen LogP contribution in [0.1, 0.15) is 35.4 Å². The summed E-state index contributed by atoms with van der Waals surface area (Å²) in [4.78, 5) is 4.46. The lowest BCUT2D eigenvalue weighted by atomic mass is 10.1. The first-order valence-electron chi connectivity index (χ1n) is 6.36. The van der Waals surface area contributed by atoms with E-state index in [1.54, 1.807) is 0 Å². The van der Waals surface area contributed by atoms with Crippen molar-refractivity contribution in [3.05, 3.63) is 58.8 Å². The standard InChI is InChI=1S/C16H18ClNO/c1-11-9-12(2)18-16(15(11)10-17)19-13(3)14-7-5-4-6-8-14/h4-9,13H,10H2,1-3H3/t13-/m1/s1. The van der Waals surface area contributed by atoms with Gasteiger partial charge in [-0.1, -0.05) is 30.3 Å². The molecule has 1 aromatic heterocycles. The molecular weight excluding hydrogens is 258 g/mol. The Bertz CT molecular complexity index is 554. The molecule has 0 aliphatic heterocycles. The van der Waals surface area contributed by atoms with Gasteiger partial charge < -0.3 is 4.74 Å². The van der Waals surface area contributed by atoms with Gasteiger partial charge in [-0.2, -0.15) is 0 Å². The highest BCUT2D eigenvalue weighted by Gasteiger charge is 2.13. The van der Waals surface area contributed by atoms with Crippen molar-refractivity contribution in [2.24, 2.45) is 0 Å². The Morgan fingerprint density at radius 2 is 1.89 bits per heavy atom. The summed E-state index contributed by atoms with van der Waals surface area (Å²) in [6.07, 6.45) is -0.0446. The fourth-order valence-electron chi connectivity index (χ4n) is 2.05. The van der Waals surface area contributed by atoms with Crippen molar-refractivity contribution in [2.45, 2.75) is 32.8 Å². The summed E-state index contributed by atoms with van der Waals surface area (Å²) in [5.74, 6) is 1.06. The topological polar surface area (TPSA) is 22.1 Å².